The van der Waals surface area contributed by atoms with Gasteiger partial charge >= 0.3 is 0 Å². The summed E-state index contributed by atoms with van der Waals surface area (Å²) < 4.78 is 0. The minimum absolute atomic E-state index is 0.0162. The lowest BCUT2D eigenvalue weighted by Gasteiger charge is -2.34. The van der Waals surface area contributed by atoms with Crippen molar-refractivity contribution in [3.05, 3.63) is 106 Å². The molecule has 2 aliphatic rings. The lowest BCUT2D eigenvalue weighted by molar-refractivity contribution is 0.636. The molecule has 122 valence electrons. The van der Waals surface area contributed by atoms with Gasteiger partial charge in [0.2, 0.25) is 0 Å². The van der Waals surface area contributed by atoms with Crippen molar-refractivity contribution in [2.45, 2.75) is 32.1 Å². The van der Waals surface area contributed by atoms with Crippen LogP contribution in [-0.4, -0.2) is 0 Å². The third kappa shape index (κ3) is 2.00. The molecule has 0 bridgehead atoms. The van der Waals surface area contributed by atoms with Crippen LogP contribution in [0.5, 0.6) is 0 Å². The monoisotopic (exact) mass is 322 g/mol. The lowest BCUT2D eigenvalue weighted by Crippen LogP contribution is -2.29. The Morgan fingerprint density at radius 3 is 2.52 bits per heavy atom. The fourth-order valence-corrected chi connectivity index (χ4v) is 4.86. The van der Waals surface area contributed by atoms with Gasteiger partial charge in [-0.2, -0.15) is 0 Å². The van der Waals surface area contributed by atoms with Crippen molar-refractivity contribution in [2.75, 3.05) is 0 Å². The Balaban J connectivity index is 1.84. The van der Waals surface area contributed by atoms with Gasteiger partial charge in [0, 0.05) is 5.41 Å². The van der Waals surface area contributed by atoms with Crippen LogP contribution in [0, 0.1) is 13.8 Å². The second-order valence-electron chi connectivity index (χ2n) is 7.57. The van der Waals surface area contributed by atoms with Gasteiger partial charge in [0.1, 0.15) is 0 Å². The van der Waals surface area contributed by atoms with Gasteiger partial charge in [0.25, 0.3) is 0 Å². The molecule has 0 aliphatic heterocycles. The molecule has 0 heteroatoms. The van der Waals surface area contributed by atoms with E-state index in [9.17, 15) is 0 Å². The second kappa shape index (κ2) is 5.20. The molecular weight excluding hydrogens is 300 g/mol. The van der Waals surface area contributed by atoms with E-state index in [2.05, 4.69) is 86.7 Å². The van der Waals surface area contributed by atoms with Crippen LogP contribution in [0.3, 0.4) is 0 Å². The largest absolute Gasteiger partial charge is 0.0829 e. The van der Waals surface area contributed by atoms with E-state index in [1.807, 2.05) is 0 Å². The van der Waals surface area contributed by atoms with Crippen LogP contribution in [0.4, 0.5) is 0 Å². The number of aryl methyl sites for hydroxylation is 2. The zero-order valence-corrected chi connectivity index (χ0v) is 14.8. The van der Waals surface area contributed by atoms with E-state index in [1.165, 1.54) is 38.9 Å². The summed E-state index contributed by atoms with van der Waals surface area (Å²) in [6, 6.07) is 22.6. The van der Waals surface area contributed by atoms with Crippen LogP contribution in [0.1, 0.15) is 33.4 Å². The number of hydrogen-bond acceptors (Lipinski definition) is 0. The molecule has 0 saturated carbocycles. The normalized spacial score (nSPS) is 19.6. The molecule has 0 heterocycles. The summed E-state index contributed by atoms with van der Waals surface area (Å²) >= 11 is 0. The molecule has 0 spiro atoms. The molecule has 0 radical (unpaired) electrons. The van der Waals surface area contributed by atoms with E-state index in [4.69, 9.17) is 0 Å². The highest BCUT2D eigenvalue weighted by molar-refractivity contribution is 5.85. The Morgan fingerprint density at radius 2 is 1.68 bits per heavy atom. The second-order valence-corrected chi connectivity index (χ2v) is 7.57. The standard InChI is InChI=1S/C25H22/c1-17-10-12-21-22-13-11-18(2)20-9-6-14-25(24(20)22,23(21)15-17)16-19-7-4-3-5-8-19/h3-8,10-15H,9,16H2,1-2H3. The van der Waals surface area contributed by atoms with Gasteiger partial charge in [0.15, 0.2) is 0 Å². The summed E-state index contributed by atoms with van der Waals surface area (Å²) in [5.41, 5.74) is 11.6. The minimum atomic E-state index is -0.0162. The summed E-state index contributed by atoms with van der Waals surface area (Å²) in [7, 11) is 0. The van der Waals surface area contributed by atoms with E-state index >= 15 is 0 Å². The van der Waals surface area contributed by atoms with Gasteiger partial charge in [-0.05, 0) is 65.6 Å². The first-order valence-corrected chi connectivity index (χ1v) is 9.15. The maximum atomic E-state index is 2.48. The molecule has 0 fully saturated rings. The summed E-state index contributed by atoms with van der Waals surface area (Å²) in [6.07, 6.45) is 6.96. The smallest absolute Gasteiger partial charge is 0.0437 e. The van der Waals surface area contributed by atoms with Crippen LogP contribution in [-0.2, 0) is 18.3 Å². The van der Waals surface area contributed by atoms with Crippen molar-refractivity contribution >= 4 is 0 Å². The predicted octanol–water partition coefficient (Wildman–Crippen LogP) is 5.92. The van der Waals surface area contributed by atoms with Gasteiger partial charge in [-0.3, -0.25) is 0 Å². The topological polar surface area (TPSA) is 0 Å². The minimum Gasteiger partial charge on any atom is -0.0829 e. The van der Waals surface area contributed by atoms with E-state index in [0.29, 0.717) is 0 Å². The molecular formula is C25H22. The zero-order chi connectivity index (χ0) is 17.0. The highest BCUT2D eigenvalue weighted by Gasteiger charge is 2.44. The molecule has 2 aliphatic carbocycles. The van der Waals surface area contributed by atoms with Gasteiger partial charge in [-0.15, -0.1) is 0 Å². The van der Waals surface area contributed by atoms with Crippen molar-refractivity contribution in [1.29, 1.82) is 0 Å². The Kier molecular flexibility index (Phi) is 3.06. The highest BCUT2D eigenvalue weighted by atomic mass is 14.5. The van der Waals surface area contributed by atoms with Crippen molar-refractivity contribution in [3.63, 3.8) is 0 Å². The molecule has 0 aromatic heterocycles. The predicted molar refractivity (Wildman–Crippen MR) is 105 cm³/mol. The average Bonchev–Trinajstić information content (AvgIpc) is 2.90. The summed E-state index contributed by atoms with van der Waals surface area (Å²) in [5, 5.41) is 0. The third-order valence-electron chi connectivity index (χ3n) is 5.99. The number of allylic oxidation sites excluding steroid dienone is 2. The molecule has 25 heavy (non-hydrogen) atoms. The van der Waals surface area contributed by atoms with Crippen LogP contribution in [0.15, 0.2) is 72.8 Å². The van der Waals surface area contributed by atoms with Crippen molar-refractivity contribution < 1.29 is 0 Å². The number of rotatable bonds is 2. The van der Waals surface area contributed by atoms with Gasteiger partial charge < -0.3 is 0 Å². The molecule has 0 nitrogen and oxygen atoms in total. The molecule has 3 aromatic carbocycles. The van der Waals surface area contributed by atoms with Gasteiger partial charge in [-0.1, -0.05) is 78.4 Å². The van der Waals surface area contributed by atoms with Crippen molar-refractivity contribution in [3.8, 4) is 11.1 Å². The fourth-order valence-electron chi connectivity index (χ4n) is 4.86. The van der Waals surface area contributed by atoms with Crippen molar-refractivity contribution in [2.24, 2.45) is 0 Å². The average molecular weight is 322 g/mol. The number of fused-ring (bicyclic) bond motifs is 3. The Labute approximate surface area is 149 Å². The van der Waals surface area contributed by atoms with Crippen LogP contribution >= 0.6 is 0 Å². The SMILES string of the molecule is Cc1ccc2c(c1)C1(Cc3ccccc3)C=CCc3c(C)ccc-2c31. The Bertz CT molecular complexity index is 1010. The molecule has 1 unspecified atom stereocenters. The Hall–Kier alpha value is -2.60. The molecule has 0 amide bonds. The molecule has 3 aromatic rings. The fraction of sp³-hybridized carbons (Fsp3) is 0.200. The first kappa shape index (κ1) is 14.7. The maximum absolute atomic E-state index is 2.48. The summed E-state index contributed by atoms with van der Waals surface area (Å²) in [6.45, 7) is 4.47. The van der Waals surface area contributed by atoms with Gasteiger partial charge in [0.05, 0.1) is 0 Å². The first-order valence-electron chi connectivity index (χ1n) is 9.15. The Morgan fingerprint density at radius 1 is 0.880 bits per heavy atom. The van der Waals surface area contributed by atoms with E-state index in [1.54, 1.807) is 5.56 Å². The quantitative estimate of drug-likeness (QED) is 0.513. The van der Waals surface area contributed by atoms with Crippen molar-refractivity contribution in [1.82, 2.24) is 0 Å². The zero-order valence-electron chi connectivity index (χ0n) is 14.8. The summed E-state index contributed by atoms with van der Waals surface area (Å²) in [4.78, 5) is 0. The number of benzene rings is 3. The molecule has 0 N–H and O–H groups in total. The molecule has 1 atom stereocenters. The highest BCUT2D eigenvalue weighted by Crippen LogP contribution is 2.55. The van der Waals surface area contributed by atoms with Crippen LogP contribution in [0.25, 0.3) is 11.1 Å². The number of hydrogen-bond donors (Lipinski definition) is 0. The summed E-state index contributed by atoms with van der Waals surface area (Å²) in [5.74, 6) is 0. The maximum Gasteiger partial charge on any atom is 0.0437 e. The van der Waals surface area contributed by atoms with Crippen LogP contribution in [0.2, 0.25) is 0 Å². The third-order valence-corrected chi connectivity index (χ3v) is 5.99. The van der Waals surface area contributed by atoms with Gasteiger partial charge in [-0.25, -0.2) is 0 Å². The molecule has 0 saturated heterocycles. The first-order chi connectivity index (χ1) is 12.2. The van der Waals surface area contributed by atoms with E-state index in [0.717, 1.165) is 12.8 Å². The van der Waals surface area contributed by atoms with E-state index in [-0.39, 0.29) is 5.41 Å². The lowest BCUT2D eigenvalue weighted by atomic mass is 9.68. The molecule has 5 rings (SSSR count). The van der Waals surface area contributed by atoms with Crippen LogP contribution < -0.4 is 0 Å². The van der Waals surface area contributed by atoms with E-state index < -0.39 is 0 Å².